The average molecular weight is 398 g/mol. The van der Waals surface area contributed by atoms with Crippen molar-refractivity contribution in [3.05, 3.63) is 88.4 Å². The third-order valence-corrected chi connectivity index (χ3v) is 4.94. The second-order valence-electron chi connectivity index (χ2n) is 7.14. The van der Waals surface area contributed by atoms with Crippen LogP contribution in [0.4, 0.5) is 0 Å². The van der Waals surface area contributed by atoms with Crippen LogP contribution in [0.15, 0.2) is 70.4 Å². The Labute approximate surface area is 171 Å². The first-order valence-corrected chi connectivity index (χ1v) is 9.49. The minimum Gasteiger partial charge on any atom is -0.332 e. The average Bonchev–Trinajstić information content (AvgIpc) is 3.40. The first kappa shape index (κ1) is 18.0. The van der Waals surface area contributed by atoms with Crippen LogP contribution in [0, 0.1) is 13.8 Å². The van der Waals surface area contributed by atoms with Gasteiger partial charge in [-0.25, -0.2) is 4.52 Å². The molecule has 4 heterocycles. The topological polar surface area (TPSA) is 91.1 Å². The van der Waals surface area contributed by atoms with E-state index in [0.717, 1.165) is 22.4 Å². The SMILES string of the molecule is Cc1ccc(C)c(-c2cc3c(=O)n(Cc4noc(-c5ccccn5)n4)ccn3n2)c1. The van der Waals surface area contributed by atoms with Gasteiger partial charge in [0.05, 0.1) is 12.2 Å². The van der Waals surface area contributed by atoms with Crippen molar-refractivity contribution in [2.24, 2.45) is 0 Å². The van der Waals surface area contributed by atoms with E-state index >= 15 is 0 Å². The summed E-state index contributed by atoms with van der Waals surface area (Å²) >= 11 is 0. The fourth-order valence-corrected chi connectivity index (χ4v) is 3.36. The van der Waals surface area contributed by atoms with Gasteiger partial charge in [-0.15, -0.1) is 0 Å². The maximum atomic E-state index is 13.0. The molecule has 8 nitrogen and oxygen atoms in total. The predicted molar refractivity (Wildman–Crippen MR) is 111 cm³/mol. The summed E-state index contributed by atoms with van der Waals surface area (Å²) in [5, 5.41) is 8.56. The van der Waals surface area contributed by atoms with E-state index in [0.29, 0.717) is 22.9 Å². The van der Waals surface area contributed by atoms with E-state index in [1.165, 1.54) is 4.57 Å². The summed E-state index contributed by atoms with van der Waals surface area (Å²) in [5.74, 6) is 0.720. The number of fused-ring (bicyclic) bond motifs is 1. The molecule has 8 heteroatoms. The molecule has 0 spiro atoms. The largest absolute Gasteiger partial charge is 0.332 e. The lowest BCUT2D eigenvalue weighted by molar-refractivity contribution is 0.419. The van der Waals surface area contributed by atoms with Crippen molar-refractivity contribution in [1.82, 2.24) is 29.3 Å². The van der Waals surface area contributed by atoms with Crippen LogP contribution in [-0.2, 0) is 6.54 Å². The third-order valence-electron chi connectivity index (χ3n) is 4.94. The van der Waals surface area contributed by atoms with Crippen molar-refractivity contribution >= 4 is 5.52 Å². The molecular weight excluding hydrogens is 380 g/mol. The zero-order valence-electron chi connectivity index (χ0n) is 16.5. The first-order valence-electron chi connectivity index (χ1n) is 9.49. The molecule has 0 aliphatic carbocycles. The van der Waals surface area contributed by atoms with E-state index in [9.17, 15) is 4.79 Å². The Morgan fingerprint density at radius 3 is 2.77 bits per heavy atom. The lowest BCUT2D eigenvalue weighted by Gasteiger charge is -2.03. The van der Waals surface area contributed by atoms with Crippen LogP contribution in [0.25, 0.3) is 28.4 Å². The third kappa shape index (κ3) is 3.18. The molecule has 0 saturated carbocycles. The Morgan fingerprint density at radius 1 is 1.03 bits per heavy atom. The second-order valence-corrected chi connectivity index (χ2v) is 7.14. The summed E-state index contributed by atoms with van der Waals surface area (Å²) in [7, 11) is 0. The second kappa shape index (κ2) is 7.07. The maximum Gasteiger partial charge on any atom is 0.277 e. The molecule has 4 aromatic heterocycles. The molecule has 0 bridgehead atoms. The van der Waals surface area contributed by atoms with Crippen molar-refractivity contribution in [1.29, 1.82) is 0 Å². The van der Waals surface area contributed by atoms with Gasteiger partial charge >= 0.3 is 0 Å². The monoisotopic (exact) mass is 398 g/mol. The predicted octanol–water partition coefficient (Wildman–Crippen LogP) is 3.27. The number of hydrogen-bond acceptors (Lipinski definition) is 6. The van der Waals surface area contributed by atoms with Gasteiger partial charge < -0.3 is 9.09 Å². The van der Waals surface area contributed by atoms with Crippen LogP contribution in [0.2, 0.25) is 0 Å². The number of benzene rings is 1. The molecule has 0 atom stereocenters. The van der Waals surface area contributed by atoms with Crippen molar-refractivity contribution in [2.45, 2.75) is 20.4 Å². The summed E-state index contributed by atoms with van der Waals surface area (Å²) in [4.78, 5) is 21.6. The molecular formula is C22H18N6O2. The summed E-state index contributed by atoms with van der Waals surface area (Å²) in [6.45, 7) is 4.26. The molecule has 0 fully saturated rings. The van der Waals surface area contributed by atoms with Gasteiger partial charge in [0.2, 0.25) is 0 Å². The number of aromatic nitrogens is 6. The van der Waals surface area contributed by atoms with Gasteiger partial charge in [-0.05, 0) is 43.7 Å². The summed E-state index contributed by atoms with van der Waals surface area (Å²) in [6.07, 6.45) is 5.09. The number of pyridine rings is 1. The van der Waals surface area contributed by atoms with Crippen LogP contribution in [0.5, 0.6) is 0 Å². The van der Waals surface area contributed by atoms with Crippen molar-refractivity contribution in [2.75, 3.05) is 0 Å². The fourth-order valence-electron chi connectivity index (χ4n) is 3.36. The van der Waals surface area contributed by atoms with Crippen LogP contribution in [0.3, 0.4) is 0 Å². The van der Waals surface area contributed by atoms with Gasteiger partial charge in [-0.2, -0.15) is 10.1 Å². The van der Waals surface area contributed by atoms with Gasteiger partial charge in [0.15, 0.2) is 5.82 Å². The van der Waals surface area contributed by atoms with Gasteiger partial charge in [-0.1, -0.05) is 28.9 Å². The quantitative estimate of drug-likeness (QED) is 0.461. The number of rotatable bonds is 4. The van der Waals surface area contributed by atoms with E-state index in [4.69, 9.17) is 4.52 Å². The van der Waals surface area contributed by atoms with Crippen molar-refractivity contribution in [3.8, 4) is 22.8 Å². The Balaban J connectivity index is 1.49. The van der Waals surface area contributed by atoms with Crippen LogP contribution in [-0.4, -0.2) is 29.3 Å². The Morgan fingerprint density at radius 2 is 1.93 bits per heavy atom. The lowest BCUT2D eigenvalue weighted by atomic mass is 10.0. The standard InChI is InChI=1S/C22H18N6O2/c1-14-6-7-15(2)16(11-14)18-12-19-22(29)27(9-10-28(19)25-18)13-20-24-21(30-26-20)17-5-3-4-8-23-17/h3-12H,13H2,1-2H3. The molecule has 5 aromatic rings. The van der Waals surface area contributed by atoms with Gasteiger partial charge in [0.1, 0.15) is 11.2 Å². The number of aryl methyl sites for hydroxylation is 2. The number of hydrogen-bond donors (Lipinski definition) is 0. The molecule has 0 amide bonds. The fraction of sp³-hybridized carbons (Fsp3) is 0.136. The Bertz CT molecular complexity index is 1410. The smallest absolute Gasteiger partial charge is 0.277 e. The molecule has 0 saturated heterocycles. The number of nitrogens with zero attached hydrogens (tertiary/aromatic N) is 6. The summed E-state index contributed by atoms with van der Waals surface area (Å²) in [5.41, 5.74) is 4.94. The van der Waals surface area contributed by atoms with Gasteiger partial charge in [0, 0.05) is 24.2 Å². The van der Waals surface area contributed by atoms with E-state index in [-0.39, 0.29) is 12.1 Å². The van der Waals surface area contributed by atoms with Gasteiger partial charge in [0.25, 0.3) is 11.4 Å². The molecule has 0 N–H and O–H groups in total. The molecule has 1 aromatic carbocycles. The van der Waals surface area contributed by atoms with E-state index in [1.807, 2.05) is 32.0 Å². The van der Waals surface area contributed by atoms with Crippen molar-refractivity contribution < 1.29 is 4.52 Å². The Kier molecular flexibility index (Phi) is 4.24. The van der Waals surface area contributed by atoms with Crippen LogP contribution in [0.1, 0.15) is 17.0 Å². The summed E-state index contributed by atoms with van der Waals surface area (Å²) in [6, 6.07) is 13.5. The zero-order chi connectivity index (χ0) is 20.7. The molecule has 0 radical (unpaired) electrons. The molecule has 30 heavy (non-hydrogen) atoms. The lowest BCUT2D eigenvalue weighted by Crippen LogP contribution is -2.22. The van der Waals surface area contributed by atoms with Crippen LogP contribution < -0.4 is 5.56 Å². The highest BCUT2D eigenvalue weighted by Gasteiger charge is 2.14. The summed E-state index contributed by atoms with van der Waals surface area (Å²) < 4.78 is 8.42. The highest BCUT2D eigenvalue weighted by Crippen LogP contribution is 2.23. The normalized spacial score (nSPS) is 11.3. The van der Waals surface area contributed by atoms with E-state index in [1.54, 1.807) is 29.2 Å². The Hall–Kier alpha value is -4.07. The highest BCUT2D eigenvalue weighted by atomic mass is 16.5. The molecule has 5 rings (SSSR count). The minimum atomic E-state index is -0.175. The van der Waals surface area contributed by atoms with Crippen molar-refractivity contribution in [3.63, 3.8) is 0 Å². The van der Waals surface area contributed by atoms with Gasteiger partial charge in [-0.3, -0.25) is 9.78 Å². The van der Waals surface area contributed by atoms with E-state index in [2.05, 4.69) is 38.4 Å². The first-order chi connectivity index (χ1) is 14.6. The zero-order valence-corrected chi connectivity index (χ0v) is 16.5. The minimum absolute atomic E-state index is 0.175. The molecule has 148 valence electrons. The molecule has 0 unspecified atom stereocenters. The van der Waals surface area contributed by atoms with Crippen LogP contribution >= 0.6 is 0 Å². The maximum absolute atomic E-state index is 13.0. The molecule has 0 aliphatic heterocycles. The highest BCUT2D eigenvalue weighted by molar-refractivity contribution is 5.69. The van der Waals surface area contributed by atoms with E-state index < -0.39 is 0 Å². The molecule has 0 aliphatic rings.